The third kappa shape index (κ3) is 7.27. The lowest BCUT2D eigenvalue weighted by atomic mass is 9.82. The van der Waals surface area contributed by atoms with E-state index in [1.165, 1.54) is 0 Å². The normalized spacial score (nSPS) is 21.4. The van der Waals surface area contributed by atoms with Crippen molar-refractivity contribution in [1.29, 1.82) is 0 Å². The fourth-order valence-electron chi connectivity index (χ4n) is 3.30. The quantitative estimate of drug-likeness (QED) is 0.211. The summed E-state index contributed by atoms with van der Waals surface area (Å²) in [6, 6.07) is 7.29. The third-order valence-electron chi connectivity index (χ3n) is 5.13. The van der Waals surface area contributed by atoms with Gasteiger partial charge in [0, 0.05) is 3.57 Å². The minimum absolute atomic E-state index is 0.0196. The van der Waals surface area contributed by atoms with Crippen LogP contribution in [0.15, 0.2) is 24.3 Å². The van der Waals surface area contributed by atoms with Gasteiger partial charge in [-0.1, -0.05) is 12.1 Å². The van der Waals surface area contributed by atoms with Crippen LogP contribution in [0.4, 0.5) is 17.6 Å². The molecule has 0 saturated heterocycles. The van der Waals surface area contributed by atoms with Crippen molar-refractivity contribution in [3.8, 4) is 0 Å². The number of halogens is 5. The topological polar surface area (TPSA) is 107 Å². The first kappa shape index (κ1) is 26.8. The highest BCUT2D eigenvalue weighted by Crippen LogP contribution is 2.38. The van der Waals surface area contributed by atoms with Crippen LogP contribution in [0, 0.1) is 15.4 Å². The number of alkyl halides is 4. The zero-order valence-corrected chi connectivity index (χ0v) is 19.6. The van der Waals surface area contributed by atoms with Crippen LogP contribution in [-0.4, -0.2) is 49.1 Å². The van der Waals surface area contributed by atoms with E-state index in [1.807, 2.05) is 12.1 Å². The molecule has 1 aromatic carbocycles. The zero-order valence-electron chi connectivity index (χ0n) is 16.6. The molecule has 1 fully saturated rings. The van der Waals surface area contributed by atoms with Gasteiger partial charge in [0.05, 0.1) is 11.8 Å². The van der Waals surface area contributed by atoms with E-state index in [9.17, 15) is 35.6 Å². The van der Waals surface area contributed by atoms with Crippen LogP contribution in [0.25, 0.3) is 0 Å². The van der Waals surface area contributed by atoms with Gasteiger partial charge in [0.2, 0.25) is 0 Å². The van der Waals surface area contributed by atoms with E-state index in [-0.39, 0.29) is 32.3 Å². The second kappa shape index (κ2) is 10.6. The summed E-state index contributed by atoms with van der Waals surface area (Å²) in [5, 5.41) is 0. The molecule has 1 N–H and O–H groups in total. The molecule has 0 bridgehead atoms. The number of benzene rings is 1. The highest BCUT2D eigenvalue weighted by atomic mass is 127. The summed E-state index contributed by atoms with van der Waals surface area (Å²) in [5.41, 5.74) is -3.22. The van der Waals surface area contributed by atoms with E-state index < -0.39 is 58.1 Å². The van der Waals surface area contributed by atoms with Crippen molar-refractivity contribution in [3.05, 3.63) is 33.4 Å². The number of carbonyl (C=O) groups excluding carboxylic acids is 2. The Bertz CT molecular complexity index is 913. The van der Waals surface area contributed by atoms with Gasteiger partial charge in [0.1, 0.15) is 19.0 Å². The van der Waals surface area contributed by atoms with Crippen molar-refractivity contribution in [2.45, 2.75) is 44.1 Å². The summed E-state index contributed by atoms with van der Waals surface area (Å²) in [5.74, 6) is -5.73. The van der Waals surface area contributed by atoms with Gasteiger partial charge in [-0.05, 0) is 66.0 Å². The second-order valence-electron chi connectivity index (χ2n) is 7.56. The summed E-state index contributed by atoms with van der Waals surface area (Å²) in [6.07, 6.45) is -5.33. The highest BCUT2D eigenvalue weighted by molar-refractivity contribution is 14.1. The molecule has 1 atom stereocenters. The molecule has 1 aromatic rings. The van der Waals surface area contributed by atoms with E-state index in [2.05, 4.69) is 27.3 Å². The predicted molar refractivity (Wildman–Crippen MR) is 112 cm³/mol. The average Bonchev–Trinajstić information content (AvgIpc) is 2.70. The second-order valence-corrected chi connectivity index (χ2v) is 10.3. The molecule has 13 heteroatoms. The molecular formula is C19H21F4IO7S. The van der Waals surface area contributed by atoms with Gasteiger partial charge in [0.15, 0.2) is 0 Å². The molecule has 1 saturated carbocycles. The van der Waals surface area contributed by atoms with Crippen molar-refractivity contribution in [3.63, 3.8) is 0 Å². The number of rotatable bonds is 8. The molecule has 32 heavy (non-hydrogen) atoms. The molecule has 0 heterocycles. The van der Waals surface area contributed by atoms with Gasteiger partial charge in [-0.2, -0.15) is 21.6 Å². The fourth-order valence-corrected chi connectivity index (χ4v) is 4.55. The van der Waals surface area contributed by atoms with E-state index in [4.69, 9.17) is 9.29 Å². The molecule has 1 unspecified atom stereocenters. The van der Waals surface area contributed by atoms with Crippen molar-refractivity contribution >= 4 is 44.6 Å². The highest BCUT2D eigenvalue weighted by Gasteiger charge is 2.61. The maximum absolute atomic E-state index is 13.3. The molecule has 2 rings (SSSR count). The Morgan fingerprint density at radius 1 is 1.03 bits per heavy atom. The Labute approximate surface area is 195 Å². The molecule has 1 aliphatic rings. The first-order valence-electron chi connectivity index (χ1n) is 9.48. The zero-order chi connectivity index (χ0) is 24.2. The SMILES string of the molecule is O=C(OCc1ccc(I)cc1)C1CCC(C(=O)OC(CF)(CS(=O)(=O)O)C(F)(F)F)CC1. The lowest BCUT2D eigenvalue weighted by Crippen LogP contribution is -2.56. The monoisotopic (exact) mass is 596 g/mol. The van der Waals surface area contributed by atoms with E-state index >= 15 is 0 Å². The van der Waals surface area contributed by atoms with E-state index in [0.29, 0.717) is 0 Å². The Balaban J connectivity index is 1.94. The minimum Gasteiger partial charge on any atom is -0.461 e. The number of esters is 2. The molecular weight excluding hydrogens is 575 g/mol. The van der Waals surface area contributed by atoms with Crippen molar-refractivity contribution in [2.75, 3.05) is 12.4 Å². The smallest absolute Gasteiger partial charge is 0.432 e. The molecule has 0 amide bonds. The Kier molecular flexibility index (Phi) is 8.90. The van der Waals surface area contributed by atoms with Gasteiger partial charge in [-0.15, -0.1) is 0 Å². The number of ether oxygens (including phenoxy) is 2. The Morgan fingerprint density at radius 2 is 1.53 bits per heavy atom. The molecule has 0 spiro atoms. The van der Waals surface area contributed by atoms with Crippen LogP contribution in [0.2, 0.25) is 0 Å². The largest absolute Gasteiger partial charge is 0.461 e. The van der Waals surface area contributed by atoms with Crippen LogP contribution in [0.5, 0.6) is 0 Å². The van der Waals surface area contributed by atoms with Crippen molar-refractivity contribution in [2.24, 2.45) is 11.8 Å². The van der Waals surface area contributed by atoms with Gasteiger partial charge in [0.25, 0.3) is 15.7 Å². The van der Waals surface area contributed by atoms with Gasteiger partial charge in [-0.25, -0.2) is 4.39 Å². The molecule has 0 aliphatic heterocycles. The molecule has 7 nitrogen and oxygen atoms in total. The number of hydrogen-bond acceptors (Lipinski definition) is 6. The van der Waals surface area contributed by atoms with E-state index in [0.717, 1.165) is 9.13 Å². The molecule has 1 aliphatic carbocycles. The minimum atomic E-state index is -5.57. The standard InChI is InChI=1S/C19H21F4IO7S/c20-10-18(19(21,22)23,11-32(27,28)29)31-17(26)14-5-3-13(4-6-14)16(25)30-9-12-1-7-15(24)8-2-12/h1-2,7-8,13-14H,3-6,9-11H2,(H,27,28,29). The summed E-state index contributed by atoms with van der Waals surface area (Å²) >= 11 is 2.13. The van der Waals surface area contributed by atoms with Crippen LogP contribution < -0.4 is 0 Å². The van der Waals surface area contributed by atoms with Gasteiger partial charge >= 0.3 is 18.1 Å². The fraction of sp³-hybridized carbons (Fsp3) is 0.579. The Hall–Kier alpha value is -1.48. The molecule has 0 aromatic heterocycles. The summed E-state index contributed by atoms with van der Waals surface area (Å²) < 4.78 is 94.4. The van der Waals surface area contributed by atoms with Crippen LogP contribution in [0.1, 0.15) is 31.2 Å². The summed E-state index contributed by atoms with van der Waals surface area (Å²) in [6.45, 7) is -2.32. The summed E-state index contributed by atoms with van der Waals surface area (Å²) in [4.78, 5) is 24.5. The predicted octanol–water partition coefficient (Wildman–Crippen LogP) is 3.84. The van der Waals surface area contributed by atoms with E-state index in [1.54, 1.807) is 12.1 Å². The van der Waals surface area contributed by atoms with Crippen molar-refractivity contribution < 1.29 is 49.6 Å². The van der Waals surface area contributed by atoms with Crippen LogP contribution in [0.3, 0.4) is 0 Å². The first-order chi connectivity index (χ1) is 14.8. The van der Waals surface area contributed by atoms with Crippen LogP contribution in [-0.2, 0) is 35.8 Å². The van der Waals surface area contributed by atoms with Gasteiger partial charge in [-0.3, -0.25) is 14.1 Å². The lowest BCUT2D eigenvalue weighted by molar-refractivity contribution is -0.268. The maximum atomic E-state index is 13.3. The van der Waals surface area contributed by atoms with Crippen molar-refractivity contribution in [1.82, 2.24) is 0 Å². The summed E-state index contributed by atoms with van der Waals surface area (Å²) in [7, 11) is -5.30. The first-order valence-corrected chi connectivity index (χ1v) is 12.2. The molecule has 0 radical (unpaired) electrons. The number of hydrogen-bond donors (Lipinski definition) is 1. The number of carbonyl (C=O) groups is 2. The lowest BCUT2D eigenvalue weighted by Gasteiger charge is -2.34. The Morgan fingerprint density at radius 3 is 1.97 bits per heavy atom. The molecule has 180 valence electrons. The van der Waals surface area contributed by atoms with Crippen LogP contribution >= 0.6 is 22.6 Å². The van der Waals surface area contributed by atoms with Gasteiger partial charge < -0.3 is 9.47 Å². The third-order valence-corrected chi connectivity index (χ3v) is 6.68. The maximum Gasteiger partial charge on any atom is 0.432 e. The average molecular weight is 596 g/mol.